The van der Waals surface area contributed by atoms with Crippen LogP contribution in [0.4, 0.5) is 0 Å². The van der Waals surface area contributed by atoms with Crippen LogP contribution in [0.3, 0.4) is 0 Å². The van der Waals surface area contributed by atoms with Crippen LogP contribution in [0.1, 0.15) is 85.0 Å². The number of hydrogen-bond donors (Lipinski definition) is 1. The lowest BCUT2D eigenvalue weighted by Gasteiger charge is -2.17. The molecule has 0 atom stereocenters. The highest BCUT2D eigenvalue weighted by Gasteiger charge is 2.11. The highest BCUT2D eigenvalue weighted by atomic mass is 16.5. The van der Waals surface area contributed by atoms with Crippen molar-refractivity contribution >= 4 is 11.0 Å². The van der Waals surface area contributed by atoms with E-state index < -0.39 is 0 Å². The van der Waals surface area contributed by atoms with Crippen LogP contribution in [0.25, 0.3) is 22.3 Å². The van der Waals surface area contributed by atoms with Gasteiger partial charge in [0.1, 0.15) is 18.7 Å². The molecular weight excluding hydrogens is 386 g/mol. The standard InChI is InChI=1S/C25H39N5O/c1-25(2,3)14-11-9-7-5-4-6-8-10-12-16-31-20-30-15-13-22-23(21-17-28-29-18-21)26-19-27-24(22)30/h13,15,17-19H,4-12,14,16,20H2,1-3H3,(H,28,29). The average Bonchev–Trinajstić information content (AvgIpc) is 3.41. The third-order valence-corrected chi connectivity index (χ3v) is 5.77. The second kappa shape index (κ2) is 12.0. The summed E-state index contributed by atoms with van der Waals surface area (Å²) in [4.78, 5) is 8.85. The Hall–Kier alpha value is -2.21. The first-order valence-electron chi connectivity index (χ1n) is 11.9. The number of nitrogens with zero attached hydrogens (tertiary/aromatic N) is 4. The van der Waals surface area contributed by atoms with E-state index in [1.807, 2.05) is 23.0 Å². The van der Waals surface area contributed by atoms with Gasteiger partial charge >= 0.3 is 0 Å². The molecule has 0 aliphatic heterocycles. The zero-order chi connectivity index (χ0) is 21.9. The van der Waals surface area contributed by atoms with E-state index in [-0.39, 0.29) is 0 Å². The fourth-order valence-electron chi connectivity index (χ4n) is 3.98. The van der Waals surface area contributed by atoms with E-state index >= 15 is 0 Å². The third kappa shape index (κ3) is 7.76. The number of aromatic amines is 1. The summed E-state index contributed by atoms with van der Waals surface area (Å²) < 4.78 is 7.94. The van der Waals surface area contributed by atoms with Gasteiger partial charge in [-0.15, -0.1) is 0 Å². The molecule has 3 rings (SSSR count). The molecular formula is C25H39N5O. The predicted molar refractivity (Wildman–Crippen MR) is 127 cm³/mol. The molecule has 170 valence electrons. The Morgan fingerprint density at radius 1 is 0.935 bits per heavy atom. The Morgan fingerprint density at radius 2 is 1.65 bits per heavy atom. The van der Waals surface area contributed by atoms with E-state index in [2.05, 4.69) is 40.9 Å². The maximum absolute atomic E-state index is 5.90. The van der Waals surface area contributed by atoms with Gasteiger partial charge in [-0.1, -0.05) is 72.1 Å². The number of aromatic nitrogens is 5. The summed E-state index contributed by atoms with van der Waals surface area (Å²) >= 11 is 0. The lowest BCUT2D eigenvalue weighted by Crippen LogP contribution is -2.04. The molecule has 3 aromatic rings. The number of unbranched alkanes of at least 4 members (excludes halogenated alkanes) is 8. The molecule has 31 heavy (non-hydrogen) atoms. The van der Waals surface area contributed by atoms with Gasteiger partial charge in [0.2, 0.25) is 0 Å². The Kier molecular flexibility index (Phi) is 9.07. The fraction of sp³-hybridized carbons (Fsp3) is 0.640. The molecule has 0 saturated heterocycles. The molecule has 0 unspecified atom stereocenters. The van der Waals surface area contributed by atoms with Crippen molar-refractivity contribution in [1.29, 1.82) is 0 Å². The van der Waals surface area contributed by atoms with Gasteiger partial charge in [-0.2, -0.15) is 5.10 Å². The first-order valence-corrected chi connectivity index (χ1v) is 11.9. The molecule has 6 heteroatoms. The first-order chi connectivity index (χ1) is 15.0. The average molecular weight is 426 g/mol. The van der Waals surface area contributed by atoms with Crippen LogP contribution in [-0.2, 0) is 11.5 Å². The van der Waals surface area contributed by atoms with Gasteiger partial charge in [0, 0.05) is 30.0 Å². The first kappa shape index (κ1) is 23.5. The molecule has 0 aromatic carbocycles. The van der Waals surface area contributed by atoms with Gasteiger partial charge in [-0.05, 0) is 24.3 Å². The molecule has 0 radical (unpaired) electrons. The minimum absolute atomic E-state index is 0.494. The Bertz CT molecular complexity index is 879. The Labute approximate surface area is 186 Å². The third-order valence-electron chi connectivity index (χ3n) is 5.77. The van der Waals surface area contributed by atoms with E-state index in [1.54, 1.807) is 12.5 Å². The van der Waals surface area contributed by atoms with Crippen LogP contribution in [0.5, 0.6) is 0 Å². The van der Waals surface area contributed by atoms with Crippen LogP contribution in [0, 0.1) is 5.41 Å². The van der Waals surface area contributed by atoms with Crippen LogP contribution in [0.15, 0.2) is 31.0 Å². The number of nitrogens with one attached hydrogen (secondary N) is 1. The second-order valence-electron chi connectivity index (χ2n) is 9.76. The van der Waals surface area contributed by atoms with Gasteiger partial charge in [0.15, 0.2) is 0 Å². The van der Waals surface area contributed by atoms with Crippen molar-refractivity contribution in [2.45, 2.75) is 91.7 Å². The van der Waals surface area contributed by atoms with Gasteiger partial charge in [-0.25, -0.2) is 9.97 Å². The van der Waals surface area contributed by atoms with Crippen LogP contribution >= 0.6 is 0 Å². The summed E-state index contributed by atoms with van der Waals surface area (Å²) in [5.41, 5.74) is 3.25. The number of fused-ring (bicyclic) bond motifs is 1. The van der Waals surface area contributed by atoms with Crippen molar-refractivity contribution in [3.8, 4) is 11.3 Å². The fourth-order valence-corrected chi connectivity index (χ4v) is 3.98. The van der Waals surface area contributed by atoms with Crippen molar-refractivity contribution < 1.29 is 4.74 Å². The van der Waals surface area contributed by atoms with E-state index in [9.17, 15) is 0 Å². The molecule has 0 aliphatic rings. The van der Waals surface area contributed by atoms with E-state index in [1.165, 1.54) is 57.8 Å². The molecule has 3 aromatic heterocycles. The number of rotatable bonds is 14. The maximum atomic E-state index is 5.90. The van der Waals surface area contributed by atoms with Crippen molar-refractivity contribution in [2.75, 3.05) is 6.61 Å². The van der Waals surface area contributed by atoms with Crippen molar-refractivity contribution in [2.24, 2.45) is 5.41 Å². The van der Waals surface area contributed by atoms with Gasteiger partial charge in [-0.3, -0.25) is 5.10 Å². The summed E-state index contributed by atoms with van der Waals surface area (Å²) in [5, 5.41) is 7.88. The van der Waals surface area contributed by atoms with Gasteiger partial charge in [0.25, 0.3) is 0 Å². The van der Waals surface area contributed by atoms with Crippen molar-refractivity contribution in [3.63, 3.8) is 0 Å². The number of hydrogen-bond acceptors (Lipinski definition) is 4. The second-order valence-corrected chi connectivity index (χ2v) is 9.76. The summed E-state index contributed by atoms with van der Waals surface area (Å²) in [6.45, 7) is 8.34. The van der Waals surface area contributed by atoms with Crippen molar-refractivity contribution in [3.05, 3.63) is 31.0 Å². The minimum atomic E-state index is 0.494. The smallest absolute Gasteiger partial charge is 0.145 e. The minimum Gasteiger partial charge on any atom is -0.361 e. The zero-order valence-corrected chi connectivity index (χ0v) is 19.6. The predicted octanol–water partition coefficient (Wildman–Crippen LogP) is 6.74. The molecule has 0 aliphatic carbocycles. The highest BCUT2D eigenvalue weighted by molar-refractivity contribution is 5.90. The molecule has 0 fully saturated rings. The molecule has 3 heterocycles. The molecule has 1 N–H and O–H groups in total. The quantitative estimate of drug-likeness (QED) is 0.290. The number of ether oxygens (including phenoxy) is 1. The highest BCUT2D eigenvalue weighted by Crippen LogP contribution is 2.25. The van der Waals surface area contributed by atoms with E-state index in [4.69, 9.17) is 4.74 Å². The Balaban J connectivity index is 1.24. The summed E-state index contributed by atoms with van der Waals surface area (Å²) in [6.07, 6.45) is 20.6. The zero-order valence-electron chi connectivity index (χ0n) is 19.6. The summed E-state index contributed by atoms with van der Waals surface area (Å²) in [6, 6.07) is 2.05. The molecule has 0 spiro atoms. The molecule has 6 nitrogen and oxygen atoms in total. The largest absolute Gasteiger partial charge is 0.361 e. The van der Waals surface area contributed by atoms with E-state index in [0.29, 0.717) is 12.1 Å². The van der Waals surface area contributed by atoms with E-state index in [0.717, 1.165) is 35.3 Å². The van der Waals surface area contributed by atoms with Gasteiger partial charge < -0.3 is 9.30 Å². The van der Waals surface area contributed by atoms with Gasteiger partial charge in [0.05, 0.1) is 11.9 Å². The normalized spacial score (nSPS) is 12.1. The van der Waals surface area contributed by atoms with Crippen LogP contribution in [0.2, 0.25) is 0 Å². The lowest BCUT2D eigenvalue weighted by molar-refractivity contribution is 0.0763. The molecule has 0 amide bonds. The number of H-pyrrole nitrogens is 1. The maximum Gasteiger partial charge on any atom is 0.145 e. The monoisotopic (exact) mass is 425 g/mol. The molecule has 0 bridgehead atoms. The topological polar surface area (TPSA) is 68.6 Å². The summed E-state index contributed by atoms with van der Waals surface area (Å²) in [7, 11) is 0. The summed E-state index contributed by atoms with van der Waals surface area (Å²) in [5.74, 6) is 0. The molecule has 0 saturated carbocycles. The van der Waals surface area contributed by atoms with Crippen molar-refractivity contribution in [1.82, 2.24) is 24.7 Å². The SMILES string of the molecule is CC(C)(C)CCCCCCCCCCCOCn1ccc2c(-c3cn[nH]c3)ncnc21. The van der Waals surface area contributed by atoms with Crippen LogP contribution < -0.4 is 0 Å². The Morgan fingerprint density at radius 3 is 2.32 bits per heavy atom. The lowest BCUT2D eigenvalue weighted by atomic mass is 9.89. The van der Waals surface area contributed by atoms with Crippen LogP contribution in [-0.4, -0.2) is 31.3 Å².